The summed E-state index contributed by atoms with van der Waals surface area (Å²) in [6, 6.07) is 1.42. The fourth-order valence-corrected chi connectivity index (χ4v) is 2.26. The van der Waals surface area contributed by atoms with Gasteiger partial charge < -0.3 is 5.32 Å². The molecule has 0 fully saturated rings. The highest BCUT2D eigenvalue weighted by Crippen LogP contribution is 2.20. The van der Waals surface area contributed by atoms with Crippen molar-refractivity contribution in [2.45, 2.75) is 25.8 Å². The van der Waals surface area contributed by atoms with Crippen LogP contribution in [0.15, 0.2) is 12.3 Å². The molecule has 104 valence electrons. The van der Waals surface area contributed by atoms with Crippen LogP contribution in [0.25, 0.3) is 0 Å². The molecule has 1 N–H and O–H groups in total. The summed E-state index contributed by atoms with van der Waals surface area (Å²) in [6.45, 7) is 3.51. The molecule has 0 aliphatic rings. The standard InChI is InChI=1S/C12H13BrCl2N2O2/c1-3-12(2,9(18)5-13)17-11(19)7-4-8(14)10(15)16-6-7/h4,6H,3,5H2,1-2H3,(H,17,19). The third kappa shape index (κ3) is 3.91. The van der Waals surface area contributed by atoms with E-state index >= 15 is 0 Å². The molecule has 0 bridgehead atoms. The summed E-state index contributed by atoms with van der Waals surface area (Å²) < 4.78 is 0. The van der Waals surface area contributed by atoms with Crippen molar-refractivity contribution in [3.05, 3.63) is 28.0 Å². The molecule has 1 unspecified atom stereocenters. The van der Waals surface area contributed by atoms with E-state index in [9.17, 15) is 9.59 Å². The first kappa shape index (κ1) is 16.4. The third-order valence-electron chi connectivity index (χ3n) is 2.89. The fraction of sp³-hybridized carbons (Fsp3) is 0.417. The zero-order valence-electron chi connectivity index (χ0n) is 10.5. The van der Waals surface area contributed by atoms with Crippen LogP contribution in [0, 0.1) is 0 Å². The van der Waals surface area contributed by atoms with Crippen molar-refractivity contribution in [2.75, 3.05) is 5.33 Å². The van der Waals surface area contributed by atoms with Crippen molar-refractivity contribution in [3.63, 3.8) is 0 Å². The van der Waals surface area contributed by atoms with Gasteiger partial charge in [0.1, 0.15) is 5.15 Å². The molecule has 1 aromatic rings. The first-order chi connectivity index (χ1) is 8.84. The lowest BCUT2D eigenvalue weighted by Gasteiger charge is -2.27. The number of carbonyl (C=O) groups excluding carboxylic acids is 2. The van der Waals surface area contributed by atoms with E-state index in [4.69, 9.17) is 23.2 Å². The Hall–Kier alpha value is -0.650. The molecule has 1 atom stereocenters. The van der Waals surface area contributed by atoms with Gasteiger partial charge in [-0.15, -0.1) is 0 Å². The fourth-order valence-electron chi connectivity index (χ4n) is 1.37. The Morgan fingerprint density at radius 3 is 2.58 bits per heavy atom. The second-order valence-corrected chi connectivity index (χ2v) is 5.52. The minimum Gasteiger partial charge on any atom is -0.340 e. The van der Waals surface area contributed by atoms with Crippen LogP contribution in [0.5, 0.6) is 0 Å². The second kappa shape index (κ2) is 6.68. The van der Waals surface area contributed by atoms with Crippen LogP contribution in [0.1, 0.15) is 30.6 Å². The van der Waals surface area contributed by atoms with Gasteiger partial charge in [-0.2, -0.15) is 0 Å². The Bertz CT molecular complexity index is 511. The lowest BCUT2D eigenvalue weighted by Crippen LogP contribution is -2.52. The van der Waals surface area contributed by atoms with Crippen LogP contribution in [0.2, 0.25) is 10.2 Å². The van der Waals surface area contributed by atoms with Crippen LogP contribution < -0.4 is 5.32 Å². The number of hydrogen-bond donors (Lipinski definition) is 1. The van der Waals surface area contributed by atoms with E-state index in [0.717, 1.165) is 0 Å². The molecule has 0 aliphatic heterocycles. The van der Waals surface area contributed by atoms with Gasteiger partial charge in [0.25, 0.3) is 5.91 Å². The average Bonchev–Trinajstić information content (AvgIpc) is 2.40. The maximum atomic E-state index is 12.1. The molecule has 1 rings (SSSR count). The summed E-state index contributed by atoms with van der Waals surface area (Å²) in [7, 11) is 0. The highest BCUT2D eigenvalue weighted by molar-refractivity contribution is 9.09. The van der Waals surface area contributed by atoms with Gasteiger partial charge in [-0.25, -0.2) is 4.98 Å². The number of pyridine rings is 1. The van der Waals surface area contributed by atoms with Gasteiger partial charge in [-0.1, -0.05) is 46.1 Å². The van der Waals surface area contributed by atoms with E-state index in [0.29, 0.717) is 6.42 Å². The van der Waals surface area contributed by atoms with Crippen molar-refractivity contribution < 1.29 is 9.59 Å². The molecule has 0 saturated heterocycles. The smallest absolute Gasteiger partial charge is 0.253 e. The zero-order chi connectivity index (χ0) is 14.6. The first-order valence-corrected chi connectivity index (χ1v) is 7.44. The maximum Gasteiger partial charge on any atom is 0.253 e. The van der Waals surface area contributed by atoms with Crippen molar-refractivity contribution in [1.82, 2.24) is 10.3 Å². The molecule has 4 nitrogen and oxygen atoms in total. The Kier molecular flexibility index (Phi) is 5.77. The van der Waals surface area contributed by atoms with Gasteiger partial charge in [0, 0.05) is 6.20 Å². The minimum atomic E-state index is -0.924. The number of rotatable bonds is 5. The van der Waals surface area contributed by atoms with Crippen molar-refractivity contribution in [3.8, 4) is 0 Å². The third-order valence-corrected chi connectivity index (χ3v) is 4.09. The second-order valence-electron chi connectivity index (χ2n) is 4.19. The van der Waals surface area contributed by atoms with Gasteiger partial charge in [0.2, 0.25) is 0 Å². The van der Waals surface area contributed by atoms with E-state index in [1.54, 1.807) is 6.92 Å². The summed E-state index contributed by atoms with van der Waals surface area (Å²) in [6.07, 6.45) is 1.80. The number of nitrogens with zero attached hydrogens (tertiary/aromatic N) is 1. The van der Waals surface area contributed by atoms with Gasteiger partial charge in [0.15, 0.2) is 5.78 Å². The van der Waals surface area contributed by atoms with E-state index in [-0.39, 0.29) is 26.9 Å². The van der Waals surface area contributed by atoms with Gasteiger partial charge in [0.05, 0.1) is 21.5 Å². The quantitative estimate of drug-likeness (QED) is 0.641. The van der Waals surface area contributed by atoms with E-state index in [2.05, 4.69) is 26.2 Å². The molecular weight excluding hydrogens is 355 g/mol. The van der Waals surface area contributed by atoms with Crippen molar-refractivity contribution in [1.29, 1.82) is 0 Å². The molecular formula is C12H13BrCl2N2O2. The monoisotopic (exact) mass is 366 g/mol. The number of hydrogen-bond acceptors (Lipinski definition) is 3. The Morgan fingerprint density at radius 1 is 1.47 bits per heavy atom. The molecule has 19 heavy (non-hydrogen) atoms. The Labute approximate surface area is 130 Å². The number of aromatic nitrogens is 1. The zero-order valence-corrected chi connectivity index (χ0v) is 13.6. The van der Waals surface area contributed by atoms with Crippen molar-refractivity contribution in [2.24, 2.45) is 0 Å². The van der Waals surface area contributed by atoms with Gasteiger partial charge >= 0.3 is 0 Å². The maximum absolute atomic E-state index is 12.1. The summed E-state index contributed by atoms with van der Waals surface area (Å²) in [5.74, 6) is -0.513. The SMILES string of the molecule is CCC(C)(NC(=O)c1cnc(Cl)c(Cl)c1)C(=O)CBr. The summed E-state index contributed by atoms with van der Waals surface area (Å²) >= 11 is 14.6. The molecule has 0 saturated carbocycles. The van der Waals surface area contributed by atoms with E-state index in [1.807, 2.05) is 6.92 Å². The topological polar surface area (TPSA) is 59.1 Å². The highest BCUT2D eigenvalue weighted by atomic mass is 79.9. The minimum absolute atomic E-state index is 0.101. The molecule has 1 heterocycles. The van der Waals surface area contributed by atoms with Crippen LogP contribution >= 0.6 is 39.1 Å². The van der Waals surface area contributed by atoms with Gasteiger partial charge in [-0.05, 0) is 19.4 Å². The molecule has 0 radical (unpaired) electrons. The number of carbonyl (C=O) groups is 2. The number of alkyl halides is 1. The Balaban J connectivity index is 2.94. The number of amides is 1. The highest BCUT2D eigenvalue weighted by Gasteiger charge is 2.32. The molecule has 7 heteroatoms. The molecule has 0 spiro atoms. The van der Waals surface area contributed by atoms with E-state index in [1.165, 1.54) is 12.3 Å². The number of ketones is 1. The predicted molar refractivity (Wildman–Crippen MR) is 79.2 cm³/mol. The number of halogens is 3. The molecule has 0 aromatic carbocycles. The normalized spacial score (nSPS) is 13.7. The van der Waals surface area contributed by atoms with Crippen molar-refractivity contribution >= 4 is 50.8 Å². The van der Waals surface area contributed by atoms with E-state index < -0.39 is 11.4 Å². The number of Topliss-reactive ketones (excluding diaryl/α,β-unsaturated/α-hetero) is 1. The number of nitrogens with one attached hydrogen (secondary N) is 1. The largest absolute Gasteiger partial charge is 0.340 e. The molecule has 1 aromatic heterocycles. The van der Waals surface area contributed by atoms with Crippen LogP contribution in [-0.4, -0.2) is 27.5 Å². The van der Waals surface area contributed by atoms with Crippen LogP contribution in [0.4, 0.5) is 0 Å². The summed E-state index contributed by atoms with van der Waals surface area (Å²) in [5, 5.41) is 3.20. The lowest BCUT2D eigenvalue weighted by molar-refractivity contribution is -0.122. The summed E-state index contributed by atoms with van der Waals surface area (Å²) in [5.41, 5.74) is -0.663. The molecule has 0 aliphatic carbocycles. The lowest BCUT2D eigenvalue weighted by atomic mass is 9.94. The average molecular weight is 368 g/mol. The molecule has 1 amide bonds. The first-order valence-electron chi connectivity index (χ1n) is 5.57. The van der Waals surface area contributed by atoms with Crippen LogP contribution in [0.3, 0.4) is 0 Å². The van der Waals surface area contributed by atoms with Crippen LogP contribution in [-0.2, 0) is 4.79 Å². The Morgan fingerprint density at radius 2 is 2.11 bits per heavy atom. The predicted octanol–water partition coefficient (Wildman–Crippen LogP) is 3.25. The summed E-state index contributed by atoms with van der Waals surface area (Å²) in [4.78, 5) is 27.7. The van der Waals surface area contributed by atoms with Gasteiger partial charge in [-0.3, -0.25) is 9.59 Å².